The van der Waals surface area contributed by atoms with E-state index in [1.165, 1.54) is 11.3 Å². The van der Waals surface area contributed by atoms with Gasteiger partial charge in [-0.05, 0) is 19.1 Å². The fraction of sp³-hybridized carbons (Fsp3) is 0.167. The second-order valence-electron chi connectivity index (χ2n) is 3.66. The zero-order valence-corrected chi connectivity index (χ0v) is 10.3. The summed E-state index contributed by atoms with van der Waals surface area (Å²) in [6, 6.07) is 3.69. The summed E-state index contributed by atoms with van der Waals surface area (Å²) in [6.45, 7) is 2.10. The molecule has 1 aromatic heterocycles. The predicted molar refractivity (Wildman–Crippen MR) is 65.3 cm³/mol. The lowest BCUT2D eigenvalue weighted by Gasteiger charge is -2.07. The molecule has 0 bridgehead atoms. The Labute approximate surface area is 107 Å². The molecule has 0 aliphatic carbocycles. The molecule has 0 fully saturated rings. The summed E-state index contributed by atoms with van der Waals surface area (Å²) in [4.78, 5) is 4.18. The van der Waals surface area contributed by atoms with E-state index in [9.17, 15) is 8.78 Å². The van der Waals surface area contributed by atoms with E-state index in [1.807, 2.05) is 12.3 Å². The number of benzene rings is 1. The highest BCUT2D eigenvalue weighted by Gasteiger charge is 2.11. The Morgan fingerprint density at radius 3 is 2.56 bits per heavy atom. The number of halogens is 2. The molecule has 0 aliphatic heterocycles. The minimum absolute atomic E-state index is 0.0411. The van der Waals surface area contributed by atoms with Crippen molar-refractivity contribution in [2.24, 2.45) is 0 Å². The Hall–Kier alpha value is -2.00. The van der Waals surface area contributed by atoms with Crippen LogP contribution in [-0.4, -0.2) is 4.98 Å². The van der Waals surface area contributed by atoms with Crippen LogP contribution in [0.3, 0.4) is 0 Å². The maximum absolute atomic E-state index is 13.5. The monoisotopic (exact) mass is 265 g/mol. The fourth-order valence-corrected chi connectivity index (χ4v) is 2.17. The van der Waals surface area contributed by atoms with Crippen LogP contribution in [0, 0.1) is 29.9 Å². The summed E-state index contributed by atoms with van der Waals surface area (Å²) in [5.74, 6) is -1.56. The van der Waals surface area contributed by atoms with Crippen LogP contribution >= 0.6 is 11.3 Å². The summed E-state index contributed by atoms with van der Waals surface area (Å²) in [7, 11) is 0. The van der Waals surface area contributed by atoms with Gasteiger partial charge >= 0.3 is 0 Å². The van der Waals surface area contributed by atoms with Gasteiger partial charge in [-0.2, -0.15) is 5.26 Å². The molecular formula is C12H9F2N3S. The zero-order chi connectivity index (χ0) is 13.1. The Kier molecular flexibility index (Phi) is 3.53. The van der Waals surface area contributed by atoms with Crippen LogP contribution < -0.4 is 5.32 Å². The molecule has 0 unspecified atom stereocenters. The average Bonchev–Trinajstić information content (AvgIpc) is 2.73. The third-order valence-electron chi connectivity index (χ3n) is 2.25. The lowest BCUT2D eigenvalue weighted by Crippen LogP contribution is -2.04. The van der Waals surface area contributed by atoms with Gasteiger partial charge in [-0.3, -0.25) is 0 Å². The van der Waals surface area contributed by atoms with Crippen molar-refractivity contribution in [1.29, 1.82) is 5.26 Å². The van der Waals surface area contributed by atoms with E-state index in [1.54, 1.807) is 6.07 Å². The van der Waals surface area contributed by atoms with Gasteiger partial charge in [0.05, 0.1) is 18.2 Å². The average molecular weight is 265 g/mol. The van der Waals surface area contributed by atoms with Gasteiger partial charge in [0.25, 0.3) is 0 Å². The van der Waals surface area contributed by atoms with Crippen molar-refractivity contribution in [3.63, 3.8) is 0 Å². The van der Waals surface area contributed by atoms with Crippen molar-refractivity contribution in [3.05, 3.63) is 45.4 Å². The van der Waals surface area contributed by atoms with Crippen LogP contribution in [0.25, 0.3) is 0 Å². The summed E-state index contributed by atoms with van der Waals surface area (Å²) in [6.07, 6.45) is 0. The molecule has 0 aliphatic rings. The SMILES string of the molecule is Cc1csc(CNc2c(F)cc(C#N)cc2F)n1. The second kappa shape index (κ2) is 5.10. The quantitative estimate of drug-likeness (QED) is 0.927. The number of aromatic nitrogens is 1. The first kappa shape index (κ1) is 12.5. The standard InChI is InChI=1S/C12H9F2N3S/c1-7-6-18-11(17-7)5-16-12-9(13)2-8(4-15)3-10(12)14/h2-3,6,16H,5H2,1H3. The molecule has 18 heavy (non-hydrogen) atoms. The second-order valence-corrected chi connectivity index (χ2v) is 4.61. The highest BCUT2D eigenvalue weighted by molar-refractivity contribution is 7.09. The van der Waals surface area contributed by atoms with Gasteiger partial charge in [-0.15, -0.1) is 11.3 Å². The molecule has 2 aromatic rings. The van der Waals surface area contributed by atoms with Gasteiger partial charge in [0.1, 0.15) is 10.7 Å². The van der Waals surface area contributed by atoms with Crippen molar-refractivity contribution in [2.45, 2.75) is 13.5 Å². The first-order valence-electron chi connectivity index (χ1n) is 5.14. The summed E-state index contributed by atoms with van der Waals surface area (Å²) in [5.41, 5.74) is 0.597. The number of nitrogens with zero attached hydrogens (tertiary/aromatic N) is 2. The molecule has 1 aromatic carbocycles. The van der Waals surface area contributed by atoms with Crippen molar-refractivity contribution < 1.29 is 8.78 Å². The highest BCUT2D eigenvalue weighted by atomic mass is 32.1. The molecule has 1 heterocycles. The number of nitriles is 1. The molecule has 0 saturated carbocycles. The van der Waals surface area contributed by atoms with E-state index in [0.717, 1.165) is 22.8 Å². The number of hydrogen-bond acceptors (Lipinski definition) is 4. The number of aryl methyl sites for hydroxylation is 1. The van der Waals surface area contributed by atoms with E-state index in [0.29, 0.717) is 0 Å². The first-order chi connectivity index (χ1) is 8.60. The number of nitrogens with one attached hydrogen (secondary N) is 1. The highest BCUT2D eigenvalue weighted by Crippen LogP contribution is 2.21. The Morgan fingerprint density at radius 2 is 2.06 bits per heavy atom. The Balaban J connectivity index is 2.17. The third kappa shape index (κ3) is 2.63. The van der Waals surface area contributed by atoms with E-state index < -0.39 is 11.6 Å². The number of rotatable bonds is 3. The summed E-state index contributed by atoms with van der Waals surface area (Å²) >= 11 is 1.42. The lowest BCUT2D eigenvalue weighted by atomic mass is 10.2. The number of thiazole rings is 1. The van der Waals surface area contributed by atoms with E-state index >= 15 is 0 Å². The van der Waals surface area contributed by atoms with Crippen LogP contribution in [0.5, 0.6) is 0 Å². The summed E-state index contributed by atoms with van der Waals surface area (Å²) in [5, 5.41) is 13.8. The molecule has 92 valence electrons. The van der Waals surface area contributed by atoms with E-state index in [4.69, 9.17) is 5.26 Å². The first-order valence-corrected chi connectivity index (χ1v) is 6.02. The zero-order valence-electron chi connectivity index (χ0n) is 9.50. The van der Waals surface area contributed by atoms with Crippen LogP contribution in [0.1, 0.15) is 16.3 Å². The molecule has 0 spiro atoms. The number of hydrogen-bond donors (Lipinski definition) is 1. The minimum Gasteiger partial charge on any atom is -0.374 e. The largest absolute Gasteiger partial charge is 0.374 e. The Bertz CT molecular complexity index is 593. The van der Waals surface area contributed by atoms with Crippen LogP contribution in [0.4, 0.5) is 14.5 Å². The molecule has 6 heteroatoms. The maximum Gasteiger partial charge on any atom is 0.150 e. The molecule has 1 N–H and O–H groups in total. The summed E-state index contributed by atoms with van der Waals surface area (Å²) < 4.78 is 27.1. The topological polar surface area (TPSA) is 48.7 Å². The Morgan fingerprint density at radius 1 is 1.39 bits per heavy atom. The van der Waals surface area contributed by atoms with Crippen LogP contribution in [0.2, 0.25) is 0 Å². The fourth-order valence-electron chi connectivity index (χ4n) is 1.45. The van der Waals surface area contributed by atoms with Gasteiger partial charge in [0.2, 0.25) is 0 Å². The maximum atomic E-state index is 13.5. The van der Waals surface area contributed by atoms with Crippen molar-refractivity contribution in [1.82, 2.24) is 4.98 Å². The minimum atomic E-state index is -0.778. The van der Waals surface area contributed by atoms with Gasteiger partial charge in [-0.1, -0.05) is 0 Å². The van der Waals surface area contributed by atoms with E-state index in [-0.39, 0.29) is 17.8 Å². The molecule has 3 nitrogen and oxygen atoms in total. The van der Waals surface area contributed by atoms with Crippen molar-refractivity contribution >= 4 is 17.0 Å². The molecule has 0 amide bonds. The lowest BCUT2D eigenvalue weighted by molar-refractivity contribution is 0.587. The molecular weight excluding hydrogens is 256 g/mol. The van der Waals surface area contributed by atoms with Crippen molar-refractivity contribution in [3.8, 4) is 6.07 Å². The third-order valence-corrected chi connectivity index (χ3v) is 3.22. The van der Waals surface area contributed by atoms with Gasteiger partial charge in [0.15, 0.2) is 11.6 Å². The van der Waals surface area contributed by atoms with Crippen LogP contribution in [-0.2, 0) is 6.54 Å². The normalized spacial score (nSPS) is 10.1. The number of anilines is 1. The molecule has 0 saturated heterocycles. The molecule has 0 radical (unpaired) electrons. The molecule has 2 rings (SSSR count). The van der Waals surface area contributed by atoms with Gasteiger partial charge in [0, 0.05) is 11.1 Å². The predicted octanol–water partition coefficient (Wildman–Crippen LogP) is 3.21. The van der Waals surface area contributed by atoms with Crippen molar-refractivity contribution in [2.75, 3.05) is 5.32 Å². The smallest absolute Gasteiger partial charge is 0.150 e. The van der Waals surface area contributed by atoms with Gasteiger partial charge in [-0.25, -0.2) is 13.8 Å². The van der Waals surface area contributed by atoms with Gasteiger partial charge < -0.3 is 5.32 Å². The molecule has 0 atom stereocenters. The van der Waals surface area contributed by atoms with E-state index in [2.05, 4.69) is 10.3 Å². The van der Waals surface area contributed by atoms with Crippen LogP contribution in [0.15, 0.2) is 17.5 Å².